The zero-order chi connectivity index (χ0) is 18.0. The Morgan fingerprint density at radius 3 is 2.77 bits per heavy atom. The Kier molecular flexibility index (Phi) is 7.87. The van der Waals surface area contributed by atoms with E-state index in [4.69, 9.17) is 14.1 Å². The molecule has 1 aliphatic heterocycles. The molecule has 2 N–H and O–H groups in total. The van der Waals surface area contributed by atoms with Gasteiger partial charge in [-0.2, -0.15) is 0 Å². The Labute approximate surface area is 158 Å². The van der Waals surface area contributed by atoms with Crippen molar-refractivity contribution in [3.8, 4) is 0 Å². The second-order valence-electron chi connectivity index (χ2n) is 7.83. The summed E-state index contributed by atoms with van der Waals surface area (Å²) in [6.07, 6.45) is 11.7. The lowest BCUT2D eigenvalue weighted by Crippen LogP contribution is -2.45. The van der Waals surface area contributed by atoms with Gasteiger partial charge in [0.2, 0.25) is 0 Å². The Balaban J connectivity index is 1.47. The zero-order valence-electron chi connectivity index (χ0n) is 16.2. The zero-order valence-corrected chi connectivity index (χ0v) is 16.2. The summed E-state index contributed by atoms with van der Waals surface area (Å²) in [5, 5.41) is 7.19. The summed E-state index contributed by atoms with van der Waals surface area (Å²) in [5.41, 5.74) is 0. The molecule has 1 aromatic heterocycles. The topological polar surface area (TPSA) is 58.8 Å². The first kappa shape index (κ1) is 19.3. The lowest BCUT2D eigenvalue weighted by atomic mass is 9.83. The summed E-state index contributed by atoms with van der Waals surface area (Å²) in [5.74, 6) is 3.48. The lowest BCUT2D eigenvalue weighted by molar-refractivity contribution is 0.187. The van der Waals surface area contributed by atoms with Gasteiger partial charge in [0, 0.05) is 38.1 Å². The minimum absolute atomic E-state index is 0.554. The molecule has 1 unspecified atom stereocenters. The number of hydrogen-bond acceptors (Lipinski definition) is 3. The predicted molar refractivity (Wildman–Crippen MR) is 105 cm³/mol. The number of aliphatic imine (C=N–C) groups is 1. The molecule has 26 heavy (non-hydrogen) atoms. The van der Waals surface area contributed by atoms with Crippen molar-refractivity contribution in [1.82, 2.24) is 10.6 Å². The van der Waals surface area contributed by atoms with Crippen LogP contribution < -0.4 is 10.6 Å². The second kappa shape index (κ2) is 10.6. The molecule has 1 aliphatic carbocycles. The molecule has 5 heteroatoms. The largest absolute Gasteiger partial charge is 0.469 e. The van der Waals surface area contributed by atoms with E-state index in [1.54, 1.807) is 6.26 Å². The van der Waals surface area contributed by atoms with Crippen LogP contribution in [0.1, 0.15) is 57.6 Å². The van der Waals surface area contributed by atoms with E-state index in [2.05, 4.69) is 17.6 Å². The van der Waals surface area contributed by atoms with Crippen molar-refractivity contribution in [3.05, 3.63) is 24.2 Å². The van der Waals surface area contributed by atoms with Crippen molar-refractivity contribution in [2.24, 2.45) is 16.8 Å². The summed E-state index contributed by atoms with van der Waals surface area (Å²) < 4.78 is 10.9. The number of nitrogens with zero attached hydrogens (tertiary/aromatic N) is 1. The van der Waals surface area contributed by atoms with Gasteiger partial charge in [-0.3, -0.25) is 4.99 Å². The highest BCUT2D eigenvalue weighted by atomic mass is 16.5. The van der Waals surface area contributed by atoms with Gasteiger partial charge in [0.25, 0.3) is 0 Å². The maximum Gasteiger partial charge on any atom is 0.191 e. The van der Waals surface area contributed by atoms with Gasteiger partial charge in [-0.15, -0.1) is 0 Å². The average Bonchev–Trinajstić information content (AvgIpc) is 3.35. The number of rotatable bonds is 8. The van der Waals surface area contributed by atoms with Crippen LogP contribution in [0.25, 0.3) is 0 Å². The fourth-order valence-electron chi connectivity index (χ4n) is 4.06. The summed E-state index contributed by atoms with van der Waals surface area (Å²) in [6.45, 7) is 5.72. The van der Waals surface area contributed by atoms with Gasteiger partial charge in [-0.1, -0.05) is 19.8 Å². The molecule has 2 fully saturated rings. The van der Waals surface area contributed by atoms with E-state index < -0.39 is 0 Å². The fourth-order valence-corrected chi connectivity index (χ4v) is 4.06. The van der Waals surface area contributed by atoms with Crippen LogP contribution >= 0.6 is 0 Å². The van der Waals surface area contributed by atoms with Crippen LogP contribution in [0.15, 0.2) is 27.8 Å². The van der Waals surface area contributed by atoms with Crippen molar-refractivity contribution in [3.63, 3.8) is 0 Å². The highest BCUT2D eigenvalue weighted by molar-refractivity contribution is 5.80. The normalized spacial score (nSPS) is 26.8. The first-order chi connectivity index (χ1) is 12.8. The van der Waals surface area contributed by atoms with Crippen LogP contribution in [-0.2, 0) is 11.2 Å². The molecular formula is C21H35N3O2. The van der Waals surface area contributed by atoms with Gasteiger partial charge in [-0.25, -0.2) is 0 Å². The molecule has 0 spiro atoms. The third-order valence-electron chi connectivity index (χ3n) is 5.66. The number of furan rings is 1. The van der Waals surface area contributed by atoms with Crippen LogP contribution in [0.5, 0.6) is 0 Å². The maximum absolute atomic E-state index is 5.48. The van der Waals surface area contributed by atoms with E-state index in [0.717, 1.165) is 56.8 Å². The quantitative estimate of drug-likeness (QED) is 0.547. The Hall–Kier alpha value is -1.49. The molecule has 1 saturated heterocycles. The summed E-state index contributed by atoms with van der Waals surface area (Å²) >= 11 is 0. The van der Waals surface area contributed by atoms with E-state index in [-0.39, 0.29) is 0 Å². The van der Waals surface area contributed by atoms with Crippen LogP contribution in [0.2, 0.25) is 0 Å². The smallest absolute Gasteiger partial charge is 0.191 e. The van der Waals surface area contributed by atoms with Gasteiger partial charge < -0.3 is 19.8 Å². The van der Waals surface area contributed by atoms with Crippen LogP contribution in [0, 0.1) is 11.8 Å². The van der Waals surface area contributed by atoms with Crippen molar-refractivity contribution in [1.29, 1.82) is 0 Å². The number of nitrogens with one attached hydrogen (secondary N) is 2. The lowest BCUT2D eigenvalue weighted by Gasteiger charge is -2.30. The van der Waals surface area contributed by atoms with Crippen molar-refractivity contribution in [2.75, 3.05) is 26.3 Å². The molecule has 0 bridgehead atoms. The van der Waals surface area contributed by atoms with Crippen molar-refractivity contribution in [2.45, 2.75) is 64.3 Å². The van der Waals surface area contributed by atoms with Crippen molar-refractivity contribution >= 4 is 5.96 Å². The average molecular weight is 362 g/mol. The molecule has 2 heterocycles. The molecule has 1 atom stereocenters. The van der Waals surface area contributed by atoms with Gasteiger partial charge in [0.1, 0.15) is 5.76 Å². The molecule has 0 aromatic carbocycles. The fraction of sp³-hybridized carbons (Fsp3) is 0.762. The predicted octanol–water partition coefficient (Wildman–Crippen LogP) is 3.75. The molecule has 0 amide bonds. The molecule has 3 rings (SSSR count). The van der Waals surface area contributed by atoms with Crippen LogP contribution in [-0.4, -0.2) is 38.3 Å². The molecule has 1 aromatic rings. The summed E-state index contributed by atoms with van der Waals surface area (Å²) in [6, 6.07) is 4.52. The van der Waals surface area contributed by atoms with Gasteiger partial charge in [0.05, 0.1) is 12.9 Å². The van der Waals surface area contributed by atoms with Crippen LogP contribution in [0.4, 0.5) is 0 Å². The van der Waals surface area contributed by atoms with Gasteiger partial charge in [-0.05, 0) is 50.2 Å². The highest BCUT2D eigenvalue weighted by Crippen LogP contribution is 2.27. The van der Waals surface area contributed by atoms with E-state index >= 15 is 0 Å². The SMILES string of the molecule is CCCC1CCC(NC(=NCC2CCOC2)NCCc2ccco2)CC1. The van der Waals surface area contributed by atoms with Crippen molar-refractivity contribution < 1.29 is 9.15 Å². The second-order valence-corrected chi connectivity index (χ2v) is 7.83. The standard InChI is InChI=1S/C21H35N3O2/c1-2-4-17-6-8-19(9-7-17)24-21(23-15-18-11-14-25-16-18)22-12-10-20-5-3-13-26-20/h3,5,13,17-19H,2,4,6-12,14-16H2,1H3,(H2,22,23,24). The third kappa shape index (κ3) is 6.35. The molecule has 5 nitrogen and oxygen atoms in total. The molecule has 146 valence electrons. The monoisotopic (exact) mass is 361 g/mol. The maximum atomic E-state index is 5.48. The van der Waals surface area contributed by atoms with Crippen LogP contribution in [0.3, 0.4) is 0 Å². The molecule has 0 radical (unpaired) electrons. The van der Waals surface area contributed by atoms with E-state index in [1.165, 1.54) is 38.5 Å². The minimum Gasteiger partial charge on any atom is -0.469 e. The minimum atomic E-state index is 0.554. The van der Waals surface area contributed by atoms with Gasteiger partial charge in [0.15, 0.2) is 5.96 Å². The van der Waals surface area contributed by atoms with E-state index in [9.17, 15) is 0 Å². The molecular weight excluding hydrogens is 326 g/mol. The first-order valence-corrected chi connectivity index (χ1v) is 10.5. The Morgan fingerprint density at radius 1 is 1.19 bits per heavy atom. The van der Waals surface area contributed by atoms with Gasteiger partial charge >= 0.3 is 0 Å². The summed E-state index contributed by atoms with van der Waals surface area (Å²) in [4.78, 5) is 4.86. The summed E-state index contributed by atoms with van der Waals surface area (Å²) in [7, 11) is 0. The first-order valence-electron chi connectivity index (χ1n) is 10.5. The Morgan fingerprint density at radius 2 is 2.08 bits per heavy atom. The Bertz CT molecular complexity index is 515. The highest BCUT2D eigenvalue weighted by Gasteiger charge is 2.21. The third-order valence-corrected chi connectivity index (χ3v) is 5.66. The van der Waals surface area contributed by atoms with E-state index in [0.29, 0.717) is 12.0 Å². The molecule has 2 aliphatic rings. The van der Waals surface area contributed by atoms with E-state index in [1.807, 2.05) is 12.1 Å². The number of ether oxygens (including phenoxy) is 1. The number of hydrogen-bond donors (Lipinski definition) is 2. The molecule has 1 saturated carbocycles. The number of guanidine groups is 1.